The third-order valence-corrected chi connectivity index (χ3v) is 3.86. The molecule has 0 saturated carbocycles. The lowest BCUT2D eigenvalue weighted by atomic mass is 9.96. The molecule has 3 N–H and O–H groups in total. The molecule has 2 rings (SSSR count). The van der Waals surface area contributed by atoms with E-state index in [0.717, 1.165) is 31.0 Å². The molecule has 2 heterocycles. The van der Waals surface area contributed by atoms with Crippen molar-refractivity contribution in [3.05, 3.63) is 23.4 Å². The molecule has 0 aromatic carbocycles. The second kappa shape index (κ2) is 6.09. The largest absolute Gasteiger partial charge is 0.409 e. The number of aryl methyl sites for hydroxylation is 1. The summed E-state index contributed by atoms with van der Waals surface area (Å²) in [5.41, 5.74) is 7.19. The number of methoxy groups -OCH3 is 1. The third kappa shape index (κ3) is 3.01. The molecule has 6 nitrogen and oxygen atoms in total. The Kier molecular flexibility index (Phi) is 4.44. The van der Waals surface area contributed by atoms with Gasteiger partial charge in [-0.2, -0.15) is 0 Å². The molecule has 1 aromatic heterocycles. The number of rotatable bonds is 3. The van der Waals surface area contributed by atoms with E-state index in [-0.39, 0.29) is 11.9 Å². The van der Waals surface area contributed by atoms with Crippen LogP contribution in [0.25, 0.3) is 0 Å². The van der Waals surface area contributed by atoms with Crippen LogP contribution in [0.4, 0.5) is 5.82 Å². The lowest BCUT2D eigenvalue weighted by Crippen LogP contribution is -2.44. The summed E-state index contributed by atoms with van der Waals surface area (Å²) in [7, 11) is 1.75. The maximum Gasteiger partial charge on any atom is 0.170 e. The topological polar surface area (TPSA) is 84.0 Å². The molecule has 20 heavy (non-hydrogen) atoms. The average molecular weight is 278 g/mol. The standard InChI is InChI=1S/C14H22N4O2/c1-9-4-5-18(8-12(9)20-3)13-7-11(14(15)17-19)6-10(2)16-13/h6-7,9,12,19H,4-5,8H2,1-3H3,(H2,15,17). The Morgan fingerprint density at radius 3 is 2.95 bits per heavy atom. The number of piperidine rings is 1. The van der Waals surface area contributed by atoms with Crippen molar-refractivity contribution >= 4 is 11.7 Å². The molecular formula is C14H22N4O2. The van der Waals surface area contributed by atoms with Crippen molar-refractivity contribution in [2.75, 3.05) is 25.1 Å². The highest BCUT2D eigenvalue weighted by atomic mass is 16.5. The third-order valence-electron chi connectivity index (χ3n) is 3.86. The van der Waals surface area contributed by atoms with Crippen LogP contribution in [-0.4, -0.2) is 42.3 Å². The Bertz CT molecular complexity index is 504. The quantitative estimate of drug-likeness (QED) is 0.377. The van der Waals surface area contributed by atoms with Crippen LogP contribution in [0, 0.1) is 12.8 Å². The first-order valence-electron chi connectivity index (χ1n) is 6.79. The number of aromatic nitrogens is 1. The van der Waals surface area contributed by atoms with Gasteiger partial charge in [-0.3, -0.25) is 0 Å². The van der Waals surface area contributed by atoms with Crippen LogP contribution in [0.1, 0.15) is 24.6 Å². The monoisotopic (exact) mass is 278 g/mol. The van der Waals surface area contributed by atoms with Crippen molar-refractivity contribution in [3.63, 3.8) is 0 Å². The van der Waals surface area contributed by atoms with Crippen molar-refractivity contribution in [1.29, 1.82) is 0 Å². The summed E-state index contributed by atoms with van der Waals surface area (Å²) in [4.78, 5) is 6.74. The van der Waals surface area contributed by atoms with E-state index < -0.39 is 0 Å². The molecule has 6 heteroatoms. The molecule has 0 amide bonds. The minimum absolute atomic E-state index is 0.102. The van der Waals surface area contributed by atoms with E-state index in [4.69, 9.17) is 15.7 Å². The van der Waals surface area contributed by atoms with Gasteiger partial charge in [-0.05, 0) is 31.4 Å². The molecule has 2 unspecified atom stereocenters. The summed E-state index contributed by atoms with van der Waals surface area (Å²) in [6, 6.07) is 3.66. The van der Waals surface area contributed by atoms with Crippen LogP contribution in [-0.2, 0) is 4.74 Å². The van der Waals surface area contributed by atoms with Gasteiger partial charge < -0.3 is 20.6 Å². The fourth-order valence-electron chi connectivity index (χ4n) is 2.57. The lowest BCUT2D eigenvalue weighted by molar-refractivity contribution is 0.0496. The SMILES string of the molecule is COC1CN(c2cc(/C(N)=N/O)cc(C)n2)CCC1C. The van der Waals surface area contributed by atoms with E-state index >= 15 is 0 Å². The van der Waals surface area contributed by atoms with Crippen molar-refractivity contribution in [1.82, 2.24) is 4.98 Å². The normalized spacial score (nSPS) is 23.9. The Morgan fingerprint density at radius 2 is 2.30 bits per heavy atom. The highest BCUT2D eigenvalue weighted by Crippen LogP contribution is 2.24. The van der Waals surface area contributed by atoms with E-state index in [1.165, 1.54) is 0 Å². The average Bonchev–Trinajstić information content (AvgIpc) is 2.46. The van der Waals surface area contributed by atoms with Gasteiger partial charge in [0.25, 0.3) is 0 Å². The molecule has 110 valence electrons. The number of ether oxygens (including phenoxy) is 1. The van der Waals surface area contributed by atoms with Gasteiger partial charge in [0.1, 0.15) is 5.82 Å². The van der Waals surface area contributed by atoms with Gasteiger partial charge in [0.2, 0.25) is 0 Å². The molecule has 2 atom stereocenters. The lowest BCUT2D eigenvalue weighted by Gasteiger charge is -2.37. The minimum atomic E-state index is 0.102. The number of amidine groups is 1. The Morgan fingerprint density at radius 1 is 1.55 bits per heavy atom. The maximum atomic E-state index is 8.80. The number of anilines is 1. The second-order valence-corrected chi connectivity index (χ2v) is 5.33. The highest BCUT2D eigenvalue weighted by Gasteiger charge is 2.27. The molecule has 1 aromatic rings. The van der Waals surface area contributed by atoms with E-state index in [9.17, 15) is 0 Å². The van der Waals surface area contributed by atoms with E-state index in [1.54, 1.807) is 13.2 Å². The van der Waals surface area contributed by atoms with Crippen molar-refractivity contribution in [3.8, 4) is 0 Å². The molecule has 1 aliphatic heterocycles. The first-order valence-corrected chi connectivity index (χ1v) is 6.79. The fraction of sp³-hybridized carbons (Fsp3) is 0.571. The smallest absolute Gasteiger partial charge is 0.170 e. The zero-order valence-corrected chi connectivity index (χ0v) is 12.2. The Hall–Kier alpha value is -1.82. The Labute approximate surface area is 119 Å². The van der Waals surface area contributed by atoms with Crippen LogP contribution in [0.5, 0.6) is 0 Å². The fourth-order valence-corrected chi connectivity index (χ4v) is 2.57. The summed E-state index contributed by atoms with van der Waals surface area (Å²) >= 11 is 0. The predicted octanol–water partition coefficient (Wildman–Crippen LogP) is 1.35. The number of nitrogens with zero attached hydrogens (tertiary/aromatic N) is 3. The van der Waals surface area contributed by atoms with Gasteiger partial charge in [-0.15, -0.1) is 0 Å². The summed E-state index contributed by atoms with van der Waals surface area (Å²) < 4.78 is 5.53. The van der Waals surface area contributed by atoms with Crippen LogP contribution in [0.3, 0.4) is 0 Å². The van der Waals surface area contributed by atoms with Crippen molar-refractivity contribution in [2.45, 2.75) is 26.4 Å². The molecule has 1 fully saturated rings. The summed E-state index contributed by atoms with van der Waals surface area (Å²) in [6.45, 7) is 5.85. The number of oxime groups is 1. The molecule has 0 radical (unpaired) electrons. The molecule has 1 saturated heterocycles. The summed E-state index contributed by atoms with van der Waals surface area (Å²) in [5, 5.41) is 11.9. The van der Waals surface area contributed by atoms with Crippen molar-refractivity contribution < 1.29 is 9.94 Å². The summed E-state index contributed by atoms with van der Waals surface area (Å²) in [6.07, 6.45) is 1.27. The highest BCUT2D eigenvalue weighted by molar-refractivity contribution is 5.97. The van der Waals surface area contributed by atoms with Gasteiger partial charge in [-0.25, -0.2) is 4.98 Å². The van der Waals surface area contributed by atoms with Gasteiger partial charge in [0.15, 0.2) is 5.84 Å². The molecule has 0 spiro atoms. The van der Waals surface area contributed by atoms with Gasteiger partial charge in [-0.1, -0.05) is 12.1 Å². The van der Waals surface area contributed by atoms with Gasteiger partial charge >= 0.3 is 0 Å². The van der Waals surface area contributed by atoms with Crippen LogP contribution < -0.4 is 10.6 Å². The minimum Gasteiger partial charge on any atom is -0.409 e. The van der Waals surface area contributed by atoms with Crippen LogP contribution >= 0.6 is 0 Å². The maximum absolute atomic E-state index is 8.80. The number of hydrogen-bond acceptors (Lipinski definition) is 5. The van der Waals surface area contributed by atoms with E-state index in [1.807, 2.05) is 13.0 Å². The first kappa shape index (κ1) is 14.6. The first-order chi connectivity index (χ1) is 9.55. The zero-order chi connectivity index (χ0) is 14.7. The molecule has 1 aliphatic rings. The second-order valence-electron chi connectivity index (χ2n) is 5.33. The van der Waals surface area contributed by atoms with E-state index in [0.29, 0.717) is 11.5 Å². The molecular weight excluding hydrogens is 256 g/mol. The number of nitrogens with two attached hydrogens (primary N) is 1. The zero-order valence-electron chi connectivity index (χ0n) is 12.2. The number of hydrogen-bond donors (Lipinski definition) is 2. The molecule has 0 bridgehead atoms. The number of pyridine rings is 1. The van der Waals surface area contributed by atoms with Crippen LogP contribution in [0.2, 0.25) is 0 Å². The van der Waals surface area contributed by atoms with Crippen LogP contribution in [0.15, 0.2) is 17.3 Å². The Balaban J connectivity index is 2.26. The van der Waals surface area contributed by atoms with Gasteiger partial charge in [0.05, 0.1) is 6.10 Å². The predicted molar refractivity (Wildman–Crippen MR) is 78.3 cm³/mol. The van der Waals surface area contributed by atoms with Gasteiger partial charge in [0, 0.05) is 31.5 Å². The van der Waals surface area contributed by atoms with E-state index in [2.05, 4.69) is 22.0 Å². The van der Waals surface area contributed by atoms with Crippen molar-refractivity contribution in [2.24, 2.45) is 16.8 Å². The summed E-state index contributed by atoms with van der Waals surface area (Å²) in [5.74, 6) is 1.50. The molecule has 0 aliphatic carbocycles.